The molecule has 1 fully saturated rings. The van der Waals surface area contributed by atoms with Crippen LogP contribution in [-0.4, -0.2) is 18.7 Å². The second-order valence-electron chi connectivity index (χ2n) is 4.85. The van der Waals surface area contributed by atoms with Crippen molar-refractivity contribution in [3.63, 3.8) is 0 Å². The van der Waals surface area contributed by atoms with Crippen molar-refractivity contribution >= 4 is 0 Å². The maximum atomic E-state index is 5.95. The number of rotatable bonds is 1. The fraction of sp³-hybridized carbons (Fsp3) is 0.571. The van der Waals surface area contributed by atoms with Crippen LogP contribution in [0.2, 0.25) is 0 Å². The van der Waals surface area contributed by atoms with Gasteiger partial charge in [0.15, 0.2) is 0 Å². The van der Waals surface area contributed by atoms with Crippen LogP contribution in [0.4, 0.5) is 0 Å². The molecule has 1 heterocycles. The first-order chi connectivity index (χ1) is 7.66. The molecule has 2 rings (SSSR count). The summed E-state index contributed by atoms with van der Waals surface area (Å²) in [4.78, 5) is 0. The minimum Gasteiger partial charge on any atom is -0.372 e. The van der Waals surface area contributed by atoms with E-state index in [1.54, 1.807) is 0 Å². The van der Waals surface area contributed by atoms with Crippen molar-refractivity contribution in [1.82, 2.24) is 5.32 Å². The van der Waals surface area contributed by atoms with Crippen molar-refractivity contribution in [2.75, 3.05) is 6.61 Å². The Morgan fingerprint density at radius 3 is 2.56 bits per heavy atom. The van der Waals surface area contributed by atoms with Crippen LogP contribution in [0.3, 0.4) is 0 Å². The number of hydrogen-bond donors (Lipinski definition) is 1. The molecule has 1 saturated heterocycles. The van der Waals surface area contributed by atoms with Gasteiger partial charge in [-0.1, -0.05) is 29.8 Å². The van der Waals surface area contributed by atoms with Crippen LogP contribution in [0.25, 0.3) is 0 Å². The average molecular weight is 219 g/mol. The SMILES string of the molecule is Cc1ccc(C2OCCC(C)NC2C)cc1. The normalized spacial score (nSPS) is 31.1. The molecule has 0 radical (unpaired) electrons. The molecule has 0 saturated carbocycles. The van der Waals surface area contributed by atoms with Gasteiger partial charge >= 0.3 is 0 Å². The van der Waals surface area contributed by atoms with Crippen molar-refractivity contribution in [3.05, 3.63) is 35.4 Å². The van der Waals surface area contributed by atoms with Crippen molar-refractivity contribution < 1.29 is 4.74 Å². The van der Waals surface area contributed by atoms with Crippen LogP contribution in [0.5, 0.6) is 0 Å². The van der Waals surface area contributed by atoms with Crippen LogP contribution in [-0.2, 0) is 4.74 Å². The van der Waals surface area contributed by atoms with Gasteiger partial charge in [0.05, 0.1) is 6.10 Å². The Labute approximate surface area is 98.0 Å². The highest BCUT2D eigenvalue weighted by molar-refractivity contribution is 5.24. The van der Waals surface area contributed by atoms with E-state index >= 15 is 0 Å². The molecule has 1 aromatic carbocycles. The van der Waals surface area contributed by atoms with Crippen LogP contribution in [0.15, 0.2) is 24.3 Å². The van der Waals surface area contributed by atoms with E-state index in [-0.39, 0.29) is 6.10 Å². The molecule has 0 aromatic heterocycles. The van der Waals surface area contributed by atoms with Gasteiger partial charge in [0.2, 0.25) is 0 Å². The van der Waals surface area contributed by atoms with E-state index in [2.05, 4.69) is 50.4 Å². The summed E-state index contributed by atoms with van der Waals surface area (Å²) in [5, 5.41) is 3.58. The number of ether oxygens (including phenoxy) is 1. The van der Waals surface area contributed by atoms with E-state index < -0.39 is 0 Å². The van der Waals surface area contributed by atoms with E-state index in [1.165, 1.54) is 11.1 Å². The molecule has 1 aliphatic heterocycles. The molecular weight excluding hydrogens is 198 g/mol. The van der Waals surface area contributed by atoms with Gasteiger partial charge in [-0.05, 0) is 32.8 Å². The zero-order valence-electron chi connectivity index (χ0n) is 10.4. The average Bonchev–Trinajstić information content (AvgIpc) is 2.41. The summed E-state index contributed by atoms with van der Waals surface area (Å²) in [6.07, 6.45) is 1.28. The lowest BCUT2D eigenvalue weighted by Gasteiger charge is -2.23. The highest BCUT2D eigenvalue weighted by atomic mass is 16.5. The predicted octanol–water partition coefficient (Wildman–Crippen LogP) is 2.82. The molecule has 2 heteroatoms. The first-order valence-corrected chi connectivity index (χ1v) is 6.11. The van der Waals surface area contributed by atoms with Gasteiger partial charge in [-0.2, -0.15) is 0 Å². The standard InChI is InChI=1S/C14H21NO/c1-10-4-6-13(7-5-10)14-12(3)15-11(2)8-9-16-14/h4-7,11-12,14-15H,8-9H2,1-3H3. The Hall–Kier alpha value is -0.860. The molecule has 0 aliphatic carbocycles. The molecule has 1 aromatic rings. The predicted molar refractivity (Wildman–Crippen MR) is 66.5 cm³/mol. The first kappa shape index (κ1) is 11.6. The van der Waals surface area contributed by atoms with E-state index in [9.17, 15) is 0 Å². The first-order valence-electron chi connectivity index (χ1n) is 6.11. The maximum absolute atomic E-state index is 5.95. The minimum atomic E-state index is 0.186. The summed E-state index contributed by atoms with van der Waals surface area (Å²) in [7, 11) is 0. The molecule has 1 aliphatic rings. The van der Waals surface area contributed by atoms with E-state index in [1.807, 2.05) is 0 Å². The smallest absolute Gasteiger partial charge is 0.0975 e. The minimum absolute atomic E-state index is 0.186. The summed E-state index contributed by atoms with van der Waals surface area (Å²) >= 11 is 0. The monoisotopic (exact) mass is 219 g/mol. The summed E-state index contributed by atoms with van der Waals surface area (Å²) in [5.74, 6) is 0. The van der Waals surface area contributed by atoms with Crippen molar-refractivity contribution in [3.8, 4) is 0 Å². The Morgan fingerprint density at radius 1 is 1.19 bits per heavy atom. The third kappa shape index (κ3) is 2.63. The quantitative estimate of drug-likeness (QED) is 0.784. The van der Waals surface area contributed by atoms with E-state index in [0.717, 1.165) is 13.0 Å². The van der Waals surface area contributed by atoms with Crippen LogP contribution in [0.1, 0.15) is 37.5 Å². The summed E-state index contributed by atoms with van der Waals surface area (Å²) < 4.78 is 5.95. The van der Waals surface area contributed by atoms with E-state index in [4.69, 9.17) is 4.74 Å². The fourth-order valence-electron chi connectivity index (χ4n) is 2.28. The molecular formula is C14H21NO. The van der Waals surface area contributed by atoms with Gasteiger partial charge in [-0.25, -0.2) is 0 Å². The number of benzene rings is 1. The lowest BCUT2D eigenvalue weighted by atomic mass is 10.0. The number of hydrogen-bond acceptors (Lipinski definition) is 2. The third-order valence-electron chi connectivity index (χ3n) is 3.26. The van der Waals surface area contributed by atoms with Gasteiger partial charge in [-0.15, -0.1) is 0 Å². The molecule has 0 amide bonds. The zero-order valence-corrected chi connectivity index (χ0v) is 10.4. The Balaban J connectivity index is 2.15. The number of nitrogens with one attached hydrogen (secondary N) is 1. The van der Waals surface area contributed by atoms with Gasteiger partial charge in [-0.3, -0.25) is 0 Å². The highest BCUT2D eigenvalue weighted by Crippen LogP contribution is 2.24. The molecule has 2 nitrogen and oxygen atoms in total. The molecule has 3 unspecified atom stereocenters. The largest absolute Gasteiger partial charge is 0.372 e. The van der Waals surface area contributed by atoms with Crippen molar-refractivity contribution in [2.45, 2.75) is 45.4 Å². The molecule has 0 bridgehead atoms. The summed E-state index contributed by atoms with van der Waals surface area (Å²) in [6, 6.07) is 9.58. The second-order valence-corrected chi connectivity index (χ2v) is 4.85. The van der Waals surface area contributed by atoms with Crippen LogP contribution < -0.4 is 5.32 Å². The number of aryl methyl sites for hydroxylation is 1. The molecule has 3 atom stereocenters. The Morgan fingerprint density at radius 2 is 1.88 bits per heavy atom. The molecule has 88 valence electrons. The van der Waals surface area contributed by atoms with Gasteiger partial charge in [0.25, 0.3) is 0 Å². The van der Waals surface area contributed by atoms with Crippen LogP contribution in [0, 0.1) is 6.92 Å². The second kappa shape index (κ2) is 4.98. The molecule has 16 heavy (non-hydrogen) atoms. The molecule has 0 spiro atoms. The highest BCUT2D eigenvalue weighted by Gasteiger charge is 2.24. The van der Waals surface area contributed by atoms with Crippen molar-refractivity contribution in [2.24, 2.45) is 0 Å². The van der Waals surface area contributed by atoms with Gasteiger partial charge < -0.3 is 10.1 Å². The van der Waals surface area contributed by atoms with Crippen molar-refractivity contribution in [1.29, 1.82) is 0 Å². The van der Waals surface area contributed by atoms with Crippen LogP contribution >= 0.6 is 0 Å². The Bertz CT molecular complexity index is 333. The maximum Gasteiger partial charge on any atom is 0.0975 e. The van der Waals surface area contributed by atoms with Gasteiger partial charge in [0, 0.05) is 18.7 Å². The lowest BCUT2D eigenvalue weighted by Crippen LogP contribution is -2.36. The topological polar surface area (TPSA) is 21.3 Å². The summed E-state index contributed by atoms with van der Waals surface area (Å²) in [6.45, 7) is 7.38. The zero-order chi connectivity index (χ0) is 11.5. The summed E-state index contributed by atoms with van der Waals surface area (Å²) in [5.41, 5.74) is 2.58. The lowest BCUT2D eigenvalue weighted by molar-refractivity contribution is 0.0461. The van der Waals surface area contributed by atoms with E-state index in [0.29, 0.717) is 12.1 Å². The fourth-order valence-corrected chi connectivity index (χ4v) is 2.28. The van der Waals surface area contributed by atoms with Gasteiger partial charge in [0.1, 0.15) is 0 Å². The Kier molecular flexibility index (Phi) is 3.62. The molecule has 1 N–H and O–H groups in total. The third-order valence-corrected chi connectivity index (χ3v) is 3.26.